The second-order valence-electron chi connectivity index (χ2n) is 6.44. The maximum absolute atomic E-state index is 12.1. The highest BCUT2D eigenvalue weighted by Gasteiger charge is 2.25. The standard InChI is InChI=1S/C16H20N6O2S2/c1-26(23,24)13-9-19-15(21-14(13)11-3-2-4-17-7-11)18-8-12-10-22-5-6-25-16(22)20-12/h5-6,9-11,17H,2-4,7-8H2,1H3,(H,18,19,21)/t11-/m1/s1. The van der Waals surface area contributed by atoms with Gasteiger partial charge in [-0.2, -0.15) is 0 Å². The van der Waals surface area contributed by atoms with Crippen LogP contribution in [-0.2, 0) is 16.4 Å². The average Bonchev–Trinajstić information content (AvgIpc) is 3.21. The first kappa shape index (κ1) is 17.4. The van der Waals surface area contributed by atoms with Crippen LogP contribution in [0, 0.1) is 0 Å². The molecule has 0 spiro atoms. The third-order valence-corrected chi connectivity index (χ3v) is 6.32. The van der Waals surface area contributed by atoms with Gasteiger partial charge in [0.1, 0.15) is 4.90 Å². The average molecular weight is 393 g/mol. The molecule has 0 radical (unpaired) electrons. The Hall–Kier alpha value is -2.04. The molecule has 1 fully saturated rings. The van der Waals surface area contributed by atoms with Gasteiger partial charge in [-0.15, -0.1) is 11.3 Å². The van der Waals surface area contributed by atoms with E-state index >= 15 is 0 Å². The zero-order valence-corrected chi connectivity index (χ0v) is 16.0. The summed E-state index contributed by atoms with van der Waals surface area (Å²) in [5, 5.41) is 8.46. The van der Waals surface area contributed by atoms with Gasteiger partial charge in [-0.3, -0.25) is 4.40 Å². The van der Waals surface area contributed by atoms with Gasteiger partial charge in [-0.1, -0.05) is 0 Å². The fourth-order valence-electron chi connectivity index (χ4n) is 3.16. The number of hydrogen-bond acceptors (Lipinski definition) is 8. The summed E-state index contributed by atoms with van der Waals surface area (Å²) in [5.74, 6) is 0.504. The highest BCUT2D eigenvalue weighted by molar-refractivity contribution is 7.90. The van der Waals surface area contributed by atoms with E-state index in [0.29, 0.717) is 18.2 Å². The van der Waals surface area contributed by atoms with Gasteiger partial charge in [0.2, 0.25) is 5.95 Å². The molecular formula is C16H20N6O2S2. The van der Waals surface area contributed by atoms with Gasteiger partial charge in [-0.25, -0.2) is 23.4 Å². The first-order chi connectivity index (χ1) is 12.5. The van der Waals surface area contributed by atoms with Crippen LogP contribution < -0.4 is 10.6 Å². The Bertz CT molecular complexity index is 992. The summed E-state index contributed by atoms with van der Waals surface area (Å²) < 4.78 is 26.2. The predicted molar refractivity (Wildman–Crippen MR) is 100 cm³/mol. The molecule has 138 valence electrons. The number of nitrogens with zero attached hydrogens (tertiary/aromatic N) is 4. The van der Waals surface area contributed by atoms with Crippen LogP contribution in [0.1, 0.15) is 30.1 Å². The molecule has 1 atom stereocenters. The quantitative estimate of drug-likeness (QED) is 0.681. The summed E-state index contributed by atoms with van der Waals surface area (Å²) in [6, 6.07) is 0. The van der Waals surface area contributed by atoms with Crippen molar-refractivity contribution in [1.82, 2.24) is 24.7 Å². The lowest BCUT2D eigenvalue weighted by molar-refractivity contribution is 0.448. The summed E-state index contributed by atoms with van der Waals surface area (Å²) in [4.78, 5) is 14.4. The highest BCUT2D eigenvalue weighted by atomic mass is 32.2. The number of sulfone groups is 1. The van der Waals surface area contributed by atoms with Crippen molar-refractivity contribution < 1.29 is 8.42 Å². The lowest BCUT2D eigenvalue weighted by Crippen LogP contribution is -2.30. The Morgan fingerprint density at radius 2 is 2.31 bits per heavy atom. The molecule has 0 aromatic carbocycles. The Labute approximate surface area is 155 Å². The lowest BCUT2D eigenvalue weighted by atomic mass is 9.96. The lowest BCUT2D eigenvalue weighted by Gasteiger charge is -2.24. The minimum Gasteiger partial charge on any atom is -0.348 e. The SMILES string of the molecule is CS(=O)(=O)c1cnc(NCc2cn3ccsc3n2)nc1[C@@H]1CCCNC1. The van der Waals surface area contributed by atoms with Crippen molar-refractivity contribution in [3.05, 3.63) is 35.4 Å². The van der Waals surface area contributed by atoms with E-state index in [9.17, 15) is 8.42 Å². The number of nitrogens with one attached hydrogen (secondary N) is 2. The number of fused-ring (bicyclic) bond motifs is 1. The van der Waals surface area contributed by atoms with Crippen LogP contribution in [0.3, 0.4) is 0 Å². The maximum atomic E-state index is 12.1. The number of thiazole rings is 1. The zero-order valence-electron chi connectivity index (χ0n) is 14.3. The van der Waals surface area contributed by atoms with Crippen molar-refractivity contribution in [2.24, 2.45) is 0 Å². The molecule has 0 bridgehead atoms. The number of imidazole rings is 1. The molecule has 8 nitrogen and oxygen atoms in total. The molecule has 4 heterocycles. The zero-order chi connectivity index (χ0) is 18.1. The number of rotatable bonds is 5. The van der Waals surface area contributed by atoms with Crippen LogP contribution in [0.25, 0.3) is 4.96 Å². The Kier molecular flexibility index (Phi) is 4.63. The summed E-state index contributed by atoms with van der Waals surface area (Å²) in [5.41, 5.74) is 1.48. The van der Waals surface area contributed by atoms with E-state index in [2.05, 4.69) is 25.6 Å². The second kappa shape index (κ2) is 6.93. The molecule has 1 aliphatic rings. The molecular weight excluding hydrogens is 372 g/mol. The fourth-order valence-corrected chi connectivity index (χ4v) is 4.72. The third kappa shape index (κ3) is 3.57. The van der Waals surface area contributed by atoms with Crippen molar-refractivity contribution in [1.29, 1.82) is 0 Å². The molecule has 0 amide bonds. The third-order valence-electron chi connectivity index (χ3n) is 4.44. The maximum Gasteiger partial charge on any atom is 0.223 e. The molecule has 26 heavy (non-hydrogen) atoms. The molecule has 2 N–H and O–H groups in total. The van der Waals surface area contributed by atoms with Gasteiger partial charge in [0.05, 0.1) is 24.1 Å². The van der Waals surface area contributed by atoms with E-state index in [1.807, 2.05) is 22.2 Å². The minimum absolute atomic E-state index is 0.0787. The second-order valence-corrected chi connectivity index (χ2v) is 9.29. The Morgan fingerprint density at radius 1 is 1.42 bits per heavy atom. The summed E-state index contributed by atoms with van der Waals surface area (Å²) in [6.07, 6.45) is 8.46. The highest BCUT2D eigenvalue weighted by Crippen LogP contribution is 2.28. The molecule has 0 saturated carbocycles. The van der Waals surface area contributed by atoms with Crippen LogP contribution in [0.15, 0.2) is 28.9 Å². The first-order valence-corrected chi connectivity index (χ1v) is 11.2. The van der Waals surface area contributed by atoms with Gasteiger partial charge < -0.3 is 10.6 Å². The molecule has 0 aliphatic carbocycles. The normalized spacial score (nSPS) is 18.3. The topological polar surface area (TPSA) is 101 Å². The summed E-state index contributed by atoms with van der Waals surface area (Å²) in [7, 11) is -3.37. The Morgan fingerprint density at radius 3 is 3.04 bits per heavy atom. The molecule has 1 saturated heterocycles. The van der Waals surface area contributed by atoms with Crippen LogP contribution in [-0.4, -0.2) is 47.1 Å². The van der Waals surface area contributed by atoms with E-state index in [4.69, 9.17) is 0 Å². The Balaban J connectivity index is 1.58. The van der Waals surface area contributed by atoms with E-state index in [-0.39, 0.29) is 10.8 Å². The van der Waals surface area contributed by atoms with E-state index in [0.717, 1.165) is 36.6 Å². The predicted octanol–water partition coefficient (Wildman–Crippen LogP) is 1.67. The molecule has 1 aliphatic heterocycles. The number of aromatic nitrogens is 4. The molecule has 10 heteroatoms. The molecule has 0 unspecified atom stereocenters. The van der Waals surface area contributed by atoms with E-state index in [1.54, 1.807) is 11.3 Å². The number of anilines is 1. The number of hydrogen-bond donors (Lipinski definition) is 2. The van der Waals surface area contributed by atoms with Crippen molar-refractivity contribution in [2.75, 3.05) is 24.7 Å². The van der Waals surface area contributed by atoms with Gasteiger partial charge in [0.15, 0.2) is 14.8 Å². The first-order valence-electron chi connectivity index (χ1n) is 8.43. The van der Waals surface area contributed by atoms with Gasteiger partial charge in [0.25, 0.3) is 0 Å². The van der Waals surface area contributed by atoms with Crippen molar-refractivity contribution >= 4 is 32.1 Å². The largest absolute Gasteiger partial charge is 0.348 e. The van der Waals surface area contributed by atoms with Crippen molar-refractivity contribution in [3.63, 3.8) is 0 Å². The summed E-state index contributed by atoms with van der Waals surface area (Å²) in [6.45, 7) is 2.17. The molecule has 3 aromatic rings. The van der Waals surface area contributed by atoms with Crippen LogP contribution in [0.4, 0.5) is 5.95 Å². The van der Waals surface area contributed by atoms with E-state index in [1.165, 1.54) is 12.5 Å². The molecule has 4 rings (SSSR count). The van der Waals surface area contributed by atoms with Crippen LogP contribution in [0.2, 0.25) is 0 Å². The van der Waals surface area contributed by atoms with Gasteiger partial charge in [-0.05, 0) is 19.4 Å². The minimum atomic E-state index is -3.37. The van der Waals surface area contributed by atoms with Crippen molar-refractivity contribution in [3.8, 4) is 0 Å². The monoisotopic (exact) mass is 392 g/mol. The molecule has 3 aromatic heterocycles. The number of piperidine rings is 1. The summed E-state index contributed by atoms with van der Waals surface area (Å²) >= 11 is 1.57. The van der Waals surface area contributed by atoms with Crippen molar-refractivity contribution in [2.45, 2.75) is 30.2 Å². The smallest absolute Gasteiger partial charge is 0.223 e. The van der Waals surface area contributed by atoms with Crippen LogP contribution >= 0.6 is 11.3 Å². The van der Waals surface area contributed by atoms with Gasteiger partial charge >= 0.3 is 0 Å². The van der Waals surface area contributed by atoms with Gasteiger partial charge in [0, 0.05) is 36.5 Å². The van der Waals surface area contributed by atoms with E-state index < -0.39 is 9.84 Å². The fraction of sp³-hybridized carbons (Fsp3) is 0.438. The van der Waals surface area contributed by atoms with Crippen LogP contribution in [0.5, 0.6) is 0 Å².